The molecule has 0 fully saturated rings. The number of nitrogens with one attached hydrogen (secondary N) is 1. The van der Waals surface area contributed by atoms with Gasteiger partial charge in [0.05, 0.1) is 0 Å². The van der Waals surface area contributed by atoms with Gasteiger partial charge in [-0.3, -0.25) is 4.79 Å². The lowest BCUT2D eigenvalue weighted by Crippen LogP contribution is -2.50. The molecule has 1 aromatic rings. The van der Waals surface area contributed by atoms with Gasteiger partial charge in [-0.15, -0.1) is 0 Å². The maximum absolute atomic E-state index is 13.9. The SMILES string of the molecule is Cc1ccc(F)c(NC(=O)N(CC(=O)O)C(C)(C)C)c1F. The first-order chi connectivity index (χ1) is 9.54. The molecule has 0 aliphatic carbocycles. The number of nitrogens with zero attached hydrogens (tertiary/aromatic N) is 1. The van der Waals surface area contributed by atoms with E-state index in [2.05, 4.69) is 5.32 Å². The van der Waals surface area contributed by atoms with Crippen molar-refractivity contribution in [3.63, 3.8) is 0 Å². The number of amides is 2. The summed E-state index contributed by atoms with van der Waals surface area (Å²) in [4.78, 5) is 23.9. The van der Waals surface area contributed by atoms with Gasteiger partial charge in [-0.2, -0.15) is 0 Å². The number of benzene rings is 1. The normalized spacial score (nSPS) is 11.1. The average molecular weight is 300 g/mol. The van der Waals surface area contributed by atoms with Crippen molar-refractivity contribution in [2.45, 2.75) is 33.2 Å². The Balaban J connectivity index is 3.08. The van der Waals surface area contributed by atoms with E-state index in [1.807, 2.05) is 0 Å². The summed E-state index contributed by atoms with van der Waals surface area (Å²) < 4.78 is 27.5. The van der Waals surface area contributed by atoms with Crippen LogP contribution in [0.5, 0.6) is 0 Å². The van der Waals surface area contributed by atoms with Crippen LogP contribution >= 0.6 is 0 Å². The maximum Gasteiger partial charge on any atom is 0.323 e. The van der Waals surface area contributed by atoms with E-state index in [1.165, 1.54) is 13.0 Å². The van der Waals surface area contributed by atoms with Crippen molar-refractivity contribution < 1.29 is 23.5 Å². The molecule has 21 heavy (non-hydrogen) atoms. The molecule has 5 nitrogen and oxygen atoms in total. The molecule has 1 aromatic carbocycles. The third-order valence-electron chi connectivity index (χ3n) is 2.86. The molecule has 0 unspecified atom stereocenters. The van der Waals surface area contributed by atoms with Crippen LogP contribution in [-0.2, 0) is 4.79 Å². The minimum atomic E-state index is -1.22. The Bertz CT molecular complexity index is 568. The van der Waals surface area contributed by atoms with Crippen LogP contribution in [0.15, 0.2) is 12.1 Å². The second-order valence-electron chi connectivity index (χ2n) is 5.63. The molecule has 0 saturated heterocycles. The molecular formula is C14H18F2N2O3. The van der Waals surface area contributed by atoms with Gasteiger partial charge < -0.3 is 15.3 Å². The zero-order valence-electron chi connectivity index (χ0n) is 12.3. The minimum Gasteiger partial charge on any atom is -0.480 e. The molecule has 2 amide bonds. The molecule has 0 aromatic heterocycles. The summed E-state index contributed by atoms with van der Waals surface area (Å²) >= 11 is 0. The molecule has 0 aliphatic heterocycles. The lowest BCUT2D eigenvalue weighted by Gasteiger charge is -2.34. The van der Waals surface area contributed by atoms with E-state index < -0.39 is 41.4 Å². The molecule has 0 saturated carbocycles. The Morgan fingerprint density at radius 1 is 1.29 bits per heavy atom. The molecule has 0 aliphatic rings. The van der Waals surface area contributed by atoms with Gasteiger partial charge >= 0.3 is 12.0 Å². The Morgan fingerprint density at radius 3 is 2.33 bits per heavy atom. The zero-order chi connectivity index (χ0) is 16.4. The molecule has 116 valence electrons. The second-order valence-corrected chi connectivity index (χ2v) is 5.63. The lowest BCUT2D eigenvalue weighted by molar-refractivity contribution is -0.138. The first-order valence-corrected chi connectivity index (χ1v) is 6.29. The van der Waals surface area contributed by atoms with Crippen LogP contribution < -0.4 is 5.32 Å². The number of urea groups is 1. The third kappa shape index (κ3) is 4.14. The van der Waals surface area contributed by atoms with Crippen LogP contribution in [0.3, 0.4) is 0 Å². The summed E-state index contributed by atoms with van der Waals surface area (Å²) in [6, 6.07) is 1.40. The van der Waals surface area contributed by atoms with Gasteiger partial charge in [-0.1, -0.05) is 6.07 Å². The van der Waals surface area contributed by atoms with Gasteiger partial charge in [0.1, 0.15) is 18.0 Å². The quantitative estimate of drug-likeness (QED) is 0.901. The summed E-state index contributed by atoms with van der Waals surface area (Å²) in [5.41, 5.74) is -1.23. The molecule has 7 heteroatoms. The molecule has 0 bridgehead atoms. The fourth-order valence-corrected chi connectivity index (χ4v) is 1.69. The average Bonchev–Trinajstić information content (AvgIpc) is 2.34. The molecule has 2 N–H and O–H groups in total. The van der Waals surface area contributed by atoms with Gasteiger partial charge in [0, 0.05) is 5.54 Å². The fraction of sp³-hybridized carbons (Fsp3) is 0.429. The van der Waals surface area contributed by atoms with E-state index in [4.69, 9.17) is 5.11 Å². The van der Waals surface area contributed by atoms with Gasteiger partial charge in [0.25, 0.3) is 0 Å². The van der Waals surface area contributed by atoms with Crippen LogP contribution in [0.25, 0.3) is 0 Å². The maximum atomic E-state index is 13.9. The summed E-state index contributed by atoms with van der Waals surface area (Å²) in [5, 5.41) is 11.0. The number of hydrogen-bond donors (Lipinski definition) is 2. The summed E-state index contributed by atoms with van der Waals surface area (Å²) in [5.74, 6) is -3.02. The Hall–Kier alpha value is -2.18. The highest BCUT2D eigenvalue weighted by molar-refractivity contribution is 5.92. The number of carboxylic acids is 1. The fourth-order valence-electron chi connectivity index (χ4n) is 1.69. The molecular weight excluding hydrogens is 282 g/mol. The first-order valence-electron chi connectivity index (χ1n) is 6.29. The van der Waals surface area contributed by atoms with Crippen LogP contribution in [0, 0.1) is 18.6 Å². The third-order valence-corrected chi connectivity index (χ3v) is 2.86. The smallest absolute Gasteiger partial charge is 0.323 e. The predicted octanol–water partition coefficient (Wildman–Crippen LogP) is 2.99. The van der Waals surface area contributed by atoms with Gasteiger partial charge in [0.15, 0.2) is 5.82 Å². The molecule has 0 radical (unpaired) electrons. The number of aliphatic carboxylic acids is 1. The van der Waals surface area contributed by atoms with Crippen molar-refractivity contribution in [3.8, 4) is 0 Å². The molecule has 0 atom stereocenters. The van der Waals surface area contributed by atoms with Crippen molar-refractivity contribution in [2.24, 2.45) is 0 Å². The highest BCUT2D eigenvalue weighted by Crippen LogP contribution is 2.23. The van der Waals surface area contributed by atoms with E-state index >= 15 is 0 Å². The largest absolute Gasteiger partial charge is 0.480 e. The molecule has 0 heterocycles. The number of carboxylic acid groups (broad SMARTS) is 1. The zero-order valence-corrected chi connectivity index (χ0v) is 12.3. The van der Waals surface area contributed by atoms with E-state index in [1.54, 1.807) is 20.8 Å². The van der Waals surface area contributed by atoms with E-state index in [-0.39, 0.29) is 5.56 Å². The van der Waals surface area contributed by atoms with Crippen LogP contribution in [0.2, 0.25) is 0 Å². The monoisotopic (exact) mass is 300 g/mol. The van der Waals surface area contributed by atoms with E-state index in [0.29, 0.717) is 0 Å². The molecule has 1 rings (SSSR count). The van der Waals surface area contributed by atoms with Crippen molar-refractivity contribution in [1.29, 1.82) is 0 Å². The lowest BCUT2D eigenvalue weighted by atomic mass is 10.1. The van der Waals surface area contributed by atoms with Crippen LogP contribution in [0.1, 0.15) is 26.3 Å². The summed E-state index contributed by atoms with van der Waals surface area (Å²) in [7, 11) is 0. The number of carbonyl (C=O) groups is 2. The number of anilines is 1. The Morgan fingerprint density at radius 2 is 1.86 bits per heavy atom. The van der Waals surface area contributed by atoms with Crippen molar-refractivity contribution in [1.82, 2.24) is 4.90 Å². The number of rotatable bonds is 3. The van der Waals surface area contributed by atoms with Gasteiger partial charge in [0.2, 0.25) is 0 Å². The highest BCUT2D eigenvalue weighted by Gasteiger charge is 2.29. The summed E-state index contributed by atoms with van der Waals surface area (Å²) in [6.45, 7) is 5.73. The highest BCUT2D eigenvalue weighted by atomic mass is 19.1. The van der Waals surface area contributed by atoms with E-state index in [9.17, 15) is 18.4 Å². The number of carbonyl (C=O) groups excluding carboxylic acids is 1. The molecule has 0 spiro atoms. The summed E-state index contributed by atoms with van der Waals surface area (Å²) in [6.07, 6.45) is 0. The topological polar surface area (TPSA) is 69.6 Å². The van der Waals surface area contributed by atoms with Crippen molar-refractivity contribution in [3.05, 3.63) is 29.3 Å². The minimum absolute atomic E-state index is 0.173. The Kier molecular flexibility index (Phi) is 4.88. The predicted molar refractivity (Wildman–Crippen MR) is 74.2 cm³/mol. The standard InChI is InChI=1S/C14H18F2N2O3/c1-8-5-6-9(15)12(11(8)16)17-13(21)18(7-10(19)20)14(2,3)4/h5-6H,7H2,1-4H3,(H,17,21)(H,19,20). The number of aryl methyl sites for hydroxylation is 1. The van der Waals surface area contributed by atoms with Crippen molar-refractivity contribution in [2.75, 3.05) is 11.9 Å². The first kappa shape index (κ1) is 16.9. The van der Waals surface area contributed by atoms with Crippen LogP contribution in [0.4, 0.5) is 19.3 Å². The van der Waals surface area contributed by atoms with Gasteiger partial charge in [-0.05, 0) is 39.3 Å². The Labute approximate surface area is 121 Å². The number of halogens is 2. The van der Waals surface area contributed by atoms with Gasteiger partial charge in [-0.25, -0.2) is 13.6 Å². The van der Waals surface area contributed by atoms with E-state index in [0.717, 1.165) is 11.0 Å². The van der Waals surface area contributed by atoms with Crippen LogP contribution in [-0.4, -0.2) is 34.1 Å². The second kappa shape index (κ2) is 6.07. The van der Waals surface area contributed by atoms with Crippen molar-refractivity contribution >= 4 is 17.7 Å². The number of hydrogen-bond acceptors (Lipinski definition) is 2.